The van der Waals surface area contributed by atoms with Crippen LogP contribution in [0.1, 0.15) is 12.8 Å². The molecule has 0 aromatic carbocycles. The zero-order valence-electron chi connectivity index (χ0n) is 6.12. The first-order valence-corrected chi connectivity index (χ1v) is 3.34. The summed E-state index contributed by atoms with van der Waals surface area (Å²) >= 11 is 0. The summed E-state index contributed by atoms with van der Waals surface area (Å²) in [6.45, 7) is 0. The number of terminal acetylenes is 1. The number of nitrogens with zero attached hydrogens (tertiary/aromatic N) is 2. The molecule has 0 N–H and O–H groups in total. The molecule has 0 atom stereocenters. The van der Waals surface area contributed by atoms with Gasteiger partial charge in [0.2, 0.25) is 0 Å². The van der Waals surface area contributed by atoms with Crippen LogP contribution in [-0.2, 0) is 0 Å². The first-order valence-electron chi connectivity index (χ1n) is 3.34. The molecular weight excluding hydrogens is 136 g/mol. The molecule has 11 heavy (non-hydrogen) atoms. The van der Waals surface area contributed by atoms with Crippen LogP contribution in [0.5, 0.6) is 0 Å². The van der Waals surface area contributed by atoms with E-state index in [0.717, 1.165) is 6.42 Å². The molecule has 1 aromatic rings. The Kier molecular flexibility index (Phi) is 2.84. The number of imidazole rings is 1. The lowest BCUT2D eigenvalue weighted by atomic mass is 10.3. The topological polar surface area (TPSA) is 17.8 Å². The summed E-state index contributed by atoms with van der Waals surface area (Å²) in [4.78, 5) is 3.84. The van der Waals surface area contributed by atoms with Gasteiger partial charge < -0.3 is 0 Å². The van der Waals surface area contributed by atoms with Crippen molar-refractivity contribution in [1.82, 2.24) is 9.55 Å². The van der Waals surface area contributed by atoms with Crippen molar-refractivity contribution >= 4 is 0 Å². The van der Waals surface area contributed by atoms with Crippen LogP contribution in [0.15, 0.2) is 18.7 Å². The zero-order chi connectivity index (χ0) is 7.94. The van der Waals surface area contributed by atoms with Crippen LogP contribution in [0.4, 0.5) is 0 Å². The number of rotatable bonds is 1. The largest absolute Gasteiger partial charge is 0.265 e. The third-order valence-electron chi connectivity index (χ3n) is 1.11. The molecule has 0 bridgehead atoms. The number of unbranched alkanes of at least 4 members (excludes halogenated alkanes) is 1. The number of hydrogen-bond acceptors (Lipinski definition) is 1. The van der Waals surface area contributed by atoms with Gasteiger partial charge in [-0.05, 0) is 0 Å². The number of aromatic nitrogens is 2. The Balaban J connectivity index is 2.41. The molecule has 0 saturated heterocycles. The Morgan fingerprint density at radius 2 is 2.36 bits per heavy atom. The summed E-state index contributed by atoms with van der Waals surface area (Å²) < 4.78 is 1.70. The van der Waals surface area contributed by atoms with E-state index in [-0.39, 0.29) is 0 Å². The molecule has 1 rings (SSSR count). The third-order valence-corrected chi connectivity index (χ3v) is 1.11. The molecular formula is C9H8N2. The lowest BCUT2D eigenvalue weighted by Gasteiger charge is -1.81. The Labute approximate surface area is 66.3 Å². The van der Waals surface area contributed by atoms with E-state index in [1.807, 2.05) is 0 Å². The lowest BCUT2D eigenvalue weighted by Crippen LogP contribution is -1.80. The molecule has 0 aliphatic rings. The average Bonchev–Trinajstić information content (AvgIpc) is 2.50. The van der Waals surface area contributed by atoms with Gasteiger partial charge in [-0.25, -0.2) is 4.98 Å². The molecule has 1 heterocycles. The second kappa shape index (κ2) is 4.19. The quantitative estimate of drug-likeness (QED) is 0.426. The molecule has 0 aliphatic heterocycles. The predicted octanol–water partition coefficient (Wildman–Crippen LogP) is 1.11. The highest BCUT2D eigenvalue weighted by molar-refractivity contribution is 5.04. The van der Waals surface area contributed by atoms with Crippen LogP contribution in [0.2, 0.25) is 0 Å². The van der Waals surface area contributed by atoms with E-state index in [1.54, 1.807) is 23.3 Å². The zero-order valence-corrected chi connectivity index (χ0v) is 6.12. The van der Waals surface area contributed by atoms with Crippen molar-refractivity contribution in [3.8, 4) is 24.3 Å². The minimum Gasteiger partial charge on any atom is -0.265 e. The number of hydrogen-bond donors (Lipinski definition) is 0. The maximum atomic E-state index is 5.05. The van der Waals surface area contributed by atoms with Crippen molar-refractivity contribution in [2.24, 2.45) is 0 Å². The van der Waals surface area contributed by atoms with Gasteiger partial charge in [-0.3, -0.25) is 4.57 Å². The van der Waals surface area contributed by atoms with Crippen LogP contribution in [0.3, 0.4) is 0 Å². The Morgan fingerprint density at radius 3 is 3.00 bits per heavy atom. The molecule has 0 unspecified atom stereocenters. The fraction of sp³-hybridized carbons (Fsp3) is 0.222. The fourth-order valence-corrected chi connectivity index (χ4v) is 0.607. The average molecular weight is 144 g/mol. The minimum absolute atomic E-state index is 0.710. The van der Waals surface area contributed by atoms with Crippen molar-refractivity contribution in [1.29, 1.82) is 0 Å². The molecule has 0 spiro atoms. The summed E-state index contributed by atoms with van der Waals surface area (Å²) in [7, 11) is 0. The van der Waals surface area contributed by atoms with E-state index in [1.165, 1.54) is 0 Å². The summed E-state index contributed by atoms with van der Waals surface area (Å²) in [6, 6.07) is 2.87. The first kappa shape index (κ1) is 7.44. The second-order valence-corrected chi connectivity index (χ2v) is 1.96. The third kappa shape index (κ3) is 2.60. The normalized spacial score (nSPS) is 7.91. The molecule has 0 amide bonds. The summed E-state index contributed by atoms with van der Waals surface area (Å²) in [5, 5.41) is 0. The molecule has 0 fully saturated rings. The van der Waals surface area contributed by atoms with Crippen molar-refractivity contribution in [3.63, 3.8) is 0 Å². The molecule has 0 radical (unpaired) electrons. The van der Waals surface area contributed by atoms with Crippen LogP contribution in [0.25, 0.3) is 0 Å². The van der Waals surface area contributed by atoms with E-state index in [4.69, 9.17) is 6.42 Å². The SMILES string of the molecule is C#CCCC#Cn1ccnc1. The molecule has 0 saturated carbocycles. The Bertz CT molecular complexity index is 293. The van der Waals surface area contributed by atoms with Gasteiger partial charge in [0, 0.05) is 31.3 Å². The van der Waals surface area contributed by atoms with Crippen molar-refractivity contribution in [2.45, 2.75) is 12.8 Å². The van der Waals surface area contributed by atoms with Gasteiger partial charge in [0.25, 0.3) is 0 Å². The smallest absolute Gasteiger partial charge is 0.106 e. The predicted molar refractivity (Wildman–Crippen MR) is 43.5 cm³/mol. The van der Waals surface area contributed by atoms with Crippen molar-refractivity contribution < 1.29 is 0 Å². The van der Waals surface area contributed by atoms with E-state index in [0.29, 0.717) is 6.42 Å². The van der Waals surface area contributed by atoms with Crippen molar-refractivity contribution in [3.05, 3.63) is 18.7 Å². The Hall–Kier alpha value is -1.67. The lowest BCUT2D eigenvalue weighted by molar-refractivity contribution is 1.08. The van der Waals surface area contributed by atoms with Gasteiger partial charge in [0.15, 0.2) is 0 Å². The van der Waals surface area contributed by atoms with Crippen LogP contribution in [0, 0.1) is 24.3 Å². The molecule has 1 aromatic heterocycles. The Morgan fingerprint density at radius 1 is 1.45 bits per heavy atom. The highest BCUT2D eigenvalue weighted by Gasteiger charge is 1.78. The van der Waals surface area contributed by atoms with Crippen LogP contribution in [-0.4, -0.2) is 9.55 Å². The van der Waals surface area contributed by atoms with Gasteiger partial charge in [0.1, 0.15) is 6.33 Å². The second-order valence-electron chi connectivity index (χ2n) is 1.96. The maximum Gasteiger partial charge on any atom is 0.106 e. The molecule has 54 valence electrons. The highest BCUT2D eigenvalue weighted by Crippen LogP contribution is 1.83. The van der Waals surface area contributed by atoms with Gasteiger partial charge in [-0.15, -0.1) is 12.3 Å². The highest BCUT2D eigenvalue weighted by atomic mass is 15.0. The summed E-state index contributed by atoms with van der Waals surface area (Å²) in [5.41, 5.74) is 0. The van der Waals surface area contributed by atoms with E-state index in [9.17, 15) is 0 Å². The summed E-state index contributed by atoms with van der Waals surface area (Å²) in [6.07, 6.45) is 11.6. The molecule has 2 nitrogen and oxygen atoms in total. The van der Waals surface area contributed by atoms with Gasteiger partial charge in [-0.2, -0.15) is 0 Å². The van der Waals surface area contributed by atoms with E-state index >= 15 is 0 Å². The van der Waals surface area contributed by atoms with Crippen LogP contribution < -0.4 is 0 Å². The van der Waals surface area contributed by atoms with Gasteiger partial charge >= 0.3 is 0 Å². The standard InChI is InChI=1S/C9H8N2/c1-2-3-4-5-7-11-8-6-10-9-11/h1,6,8-9H,3-4H2. The van der Waals surface area contributed by atoms with Crippen molar-refractivity contribution in [2.75, 3.05) is 0 Å². The van der Waals surface area contributed by atoms with E-state index in [2.05, 4.69) is 22.9 Å². The van der Waals surface area contributed by atoms with E-state index < -0.39 is 0 Å². The fourth-order valence-electron chi connectivity index (χ4n) is 0.607. The molecule has 0 aliphatic carbocycles. The monoisotopic (exact) mass is 144 g/mol. The minimum atomic E-state index is 0.710. The van der Waals surface area contributed by atoms with Crippen LogP contribution >= 0.6 is 0 Å². The van der Waals surface area contributed by atoms with Gasteiger partial charge in [0.05, 0.1) is 0 Å². The maximum absolute atomic E-state index is 5.05. The van der Waals surface area contributed by atoms with Gasteiger partial charge in [-0.1, -0.05) is 5.92 Å². The summed E-state index contributed by atoms with van der Waals surface area (Å²) in [5.74, 6) is 5.44. The molecule has 2 heteroatoms. The first-order chi connectivity index (χ1) is 5.43.